The Kier molecular flexibility index (Phi) is 6.78. The van der Waals surface area contributed by atoms with Gasteiger partial charge in [0.2, 0.25) is 0 Å². The summed E-state index contributed by atoms with van der Waals surface area (Å²) in [6.45, 7) is 5.95. The number of aliphatic carboxylic acids is 1. The van der Waals surface area contributed by atoms with E-state index in [2.05, 4.69) is 12.2 Å². The zero-order valence-electron chi connectivity index (χ0n) is 12.6. The van der Waals surface area contributed by atoms with Gasteiger partial charge >= 0.3 is 12.0 Å². The Morgan fingerprint density at radius 1 is 1.50 bits per heavy atom. The molecule has 2 N–H and O–H groups in total. The molecule has 116 valence electrons. The topological polar surface area (TPSA) is 78.9 Å². The van der Waals surface area contributed by atoms with Crippen LogP contribution in [0.2, 0.25) is 0 Å². The molecule has 3 atom stereocenters. The number of hydrogen-bond donors (Lipinski definition) is 2. The molecule has 0 aromatic heterocycles. The smallest absolute Gasteiger partial charge is 0.317 e. The van der Waals surface area contributed by atoms with Gasteiger partial charge in [0, 0.05) is 33.2 Å². The molecule has 0 bridgehead atoms. The summed E-state index contributed by atoms with van der Waals surface area (Å²) in [5, 5.41) is 11.5. The Morgan fingerprint density at radius 3 is 2.80 bits per heavy atom. The molecule has 1 rings (SSSR count). The van der Waals surface area contributed by atoms with Crippen LogP contribution < -0.4 is 5.32 Å². The van der Waals surface area contributed by atoms with E-state index in [-0.39, 0.29) is 24.5 Å². The van der Waals surface area contributed by atoms with E-state index >= 15 is 0 Å². The predicted molar refractivity (Wildman–Crippen MR) is 75.6 cm³/mol. The fraction of sp³-hybridized carbons (Fsp3) is 0.857. The van der Waals surface area contributed by atoms with Gasteiger partial charge in [-0.05, 0) is 24.7 Å². The van der Waals surface area contributed by atoms with Crippen LogP contribution in [0.15, 0.2) is 0 Å². The SMILES string of the molecule is COC1CN(C(=O)NCC(C)CCC(=O)O)CCC1C. The Bertz CT molecular complexity index is 335. The minimum absolute atomic E-state index is 0.0823. The molecule has 1 aliphatic heterocycles. The first-order valence-electron chi connectivity index (χ1n) is 7.21. The van der Waals surface area contributed by atoms with Gasteiger partial charge in [-0.15, -0.1) is 0 Å². The zero-order chi connectivity index (χ0) is 15.1. The van der Waals surface area contributed by atoms with Gasteiger partial charge in [0.15, 0.2) is 0 Å². The maximum absolute atomic E-state index is 12.1. The third-order valence-electron chi connectivity index (χ3n) is 3.93. The van der Waals surface area contributed by atoms with Crippen molar-refractivity contribution in [3.05, 3.63) is 0 Å². The second-order valence-corrected chi connectivity index (χ2v) is 5.71. The highest BCUT2D eigenvalue weighted by molar-refractivity contribution is 5.74. The normalized spacial score (nSPS) is 24.2. The number of likely N-dealkylation sites (tertiary alicyclic amines) is 1. The van der Waals surface area contributed by atoms with Crippen LogP contribution >= 0.6 is 0 Å². The van der Waals surface area contributed by atoms with Crippen LogP contribution in [0.4, 0.5) is 4.79 Å². The molecule has 1 heterocycles. The maximum atomic E-state index is 12.1. The number of carbonyl (C=O) groups excluding carboxylic acids is 1. The molecule has 6 heteroatoms. The first-order chi connectivity index (χ1) is 9.43. The molecular formula is C14H26N2O4. The van der Waals surface area contributed by atoms with Crippen molar-refractivity contribution in [2.45, 2.75) is 39.2 Å². The van der Waals surface area contributed by atoms with Crippen molar-refractivity contribution < 1.29 is 19.4 Å². The number of urea groups is 1. The van der Waals surface area contributed by atoms with Crippen molar-refractivity contribution >= 4 is 12.0 Å². The van der Waals surface area contributed by atoms with Gasteiger partial charge in [0.25, 0.3) is 0 Å². The lowest BCUT2D eigenvalue weighted by Gasteiger charge is -2.36. The third-order valence-corrected chi connectivity index (χ3v) is 3.93. The van der Waals surface area contributed by atoms with E-state index in [1.807, 2.05) is 6.92 Å². The van der Waals surface area contributed by atoms with Crippen LogP contribution in [-0.4, -0.2) is 54.9 Å². The van der Waals surface area contributed by atoms with Crippen LogP contribution in [0, 0.1) is 11.8 Å². The molecule has 1 saturated heterocycles. The van der Waals surface area contributed by atoms with Crippen LogP contribution in [0.5, 0.6) is 0 Å². The predicted octanol–water partition coefficient (Wildman–Crippen LogP) is 1.55. The van der Waals surface area contributed by atoms with Crippen molar-refractivity contribution in [3.8, 4) is 0 Å². The van der Waals surface area contributed by atoms with Gasteiger partial charge in [-0.25, -0.2) is 4.79 Å². The van der Waals surface area contributed by atoms with E-state index in [1.165, 1.54) is 0 Å². The van der Waals surface area contributed by atoms with Crippen LogP contribution in [-0.2, 0) is 9.53 Å². The molecule has 0 spiro atoms. The molecule has 1 aliphatic rings. The molecule has 0 aliphatic carbocycles. The van der Waals surface area contributed by atoms with Gasteiger partial charge in [-0.2, -0.15) is 0 Å². The summed E-state index contributed by atoms with van der Waals surface area (Å²) >= 11 is 0. The molecule has 3 unspecified atom stereocenters. The summed E-state index contributed by atoms with van der Waals surface area (Å²) in [6, 6.07) is -0.0823. The van der Waals surface area contributed by atoms with Crippen LogP contribution in [0.1, 0.15) is 33.1 Å². The van der Waals surface area contributed by atoms with Crippen molar-refractivity contribution in [1.29, 1.82) is 0 Å². The number of amides is 2. The molecule has 6 nitrogen and oxygen atoms in total. The average molecular weight is 286 g/mol. The van der Waals surface area contributed by atoms with Gasteiger partial charge in [0.05, 0.1) is 6.10 Å². The standard InChI is InChI=1S/C14H26N2O4/c1-10(4-5-13(17)18)8-15-14(19)16-7-6-11(2)12(9-16)20-3/h10-12H,4-9H2,1-3H3,(H,15,19)(H,17,18). The summed E-state index contributed by atoms with van der Waals surface area (Å²) in [6.07, 6.45) is 1.76. The molecule has 2 amide bonds. The van der Waals surface area contributed by atoms with E-state index in [4.69, 9.17) is 9.84 Å². The zero-order valence-corrected chi connectivity index (χ0v) is 12.6. The first-order valence-corrected chi connectivity index (χ1v) is 7.21. The fourth-order valence-electron chi connectivity index (χ4n) is 2.37. The summed E-state index contributed by atoms with van der Waals surface area (Å²) < 4.78 is 5.39. The monoisotopic (exact) mass is 286 g/mol. The van der Waals surface area contributed by atoms with Crippen LogP contribution in [0.3, 0.4) is 0 Å². The minimum atomic E-state index is -0.795. The quantitative estimate of drug-likeness (QED) is 0.776. The average Bonchev–Trinajstić information content (AvgIpc) is 2.42. The maximum Gasteiger partial charge on any atom is 0.317 e. The number of carbonyl (C=O) groups is 2. The summed E-state index contributed by atoms with van der Waals surface area (Å²) in [4.78, 5) is 24.3. The number of ether oxygens (including phenoxy) is 1. The number of nitrogens with one attached hydrogen (secondary N) is 1. The summed E-state index contributed by atoms with van der Waals surface area (Å²) in [5.74, 6) is -0.161. The Hall–Kier alpha value is -1.30. The van der Waals surface area contributed by atoms with E-state index in [1.54, 1.807) is 12.0 Å². The third kappa shape index (κ3) is 5.36. The van der Waals surface area contributed by atoms with Gasteiger partial charge in [-0.1, -0.05) is 13.8 Å². The summed E-state index contributed by atoms with van der Waals surface area (Å²) in [5.41, 5.74) is 0. The number of carboxylic acid groups (broad SMARTS) is 1. The number of hydrogen-bond acceptors (Lipinski definition) is 3. The lowest BCUT2D eigenvalue weighted by Crippen LogP contribution is -2.50. The highest BCUT2D eigenvalue weighted by Gasteiger charge is 2.28. The van der Waals surface area contributed by atoms with E-state index in [0.717, 1.165) is 13.0 Å². The highest BCUT2D eigenvalue weighted by Crippen LogP contribution is 2.19. The highest BCUT2D eigenvalue weighted by atomic mass is 16.5. The molecule has 1 fully saturated rings. The van der Waals surface area contributed by atoms with E-state index in [0.29, 0.717) is 25.4 Å². The summed E-state index contributed by atoms with van der Waals surface area (Å²) in [7, 11) is 1.68. The van der Waals surface area contributed by atoms with Crippen LogP contribution in [0.25, 0.3) is 0 Å². The van der Waals surface area contributed by atoms with Gasteiger partial charge in [-0.3, -0.25) is 4.79 Å². The van der Waals surface area contributed by atoms with Crippen molar-refractivity contribution in [2.24, 2.45) is 11.8 Å². The lowest BCUT2D eigenvalue weighted by atomic mass is 9.96. The molecule has 0 aromatic rings. The Labute approximate surface area is 120 Å². The van der Waals surface area contributed by atoms with Gasteiger partial charge in [0.1, 0.15) is 0 Å². The number of nitrogens with zero attached hydrogens (tertiary/aromatic N) is 1. The molecule has 0 radical (unpaired) electrons. The fourth-order valence-corrected chi connectivity index (χ4v) is 2.37. The number of methoxy groups -OCH3 is 1. The lowest BCUT2D eigenvalue weighted by molar-refractivity contribution is -0.137. The second-order valence-electron chi connectivity index (χ2n) is 5.71. The van der Waals surface area contributed by atoms with Crippen molar-refractivity contribution in [1.82, 2.24) is 10.2 Å². The molecule has 0 aromatic carbocycles. The minimum Gasteiger partial charge on any atom is -0.481 e. The molecule has 0 saturated carbocycles. The molecular weight excluding hydrogens is 260 g/mol. The molecule has 20 heavy (non-hydrogen) atoms. The van der Waals surface area contributed by atoms with E-state index < -0.39 is 5.97 Å². The number of carboxylic acids is 1. The Balaban J connectivity index is 2.30. The van der Waals surface area contributed by atoms with Crippen molar-refractivity contribution in [3.63, 3.8) is 0 Å². The Morgan fingerprint density at radius 2 is 2.20 bits per heavy atom. The number of rotatable bonds is 6. The number of piperidine rings is 1. The van der Waals surface area contributed by atoms with Crippen molar-refractivity contribution in [2.75, 3.05) is 26.7 Å². The largest absolute Gasteiger partial charge is 0.481 e. The second kappa shape index (κ2) is 8.09. The van der Waals surface area contributed by atoms with Gasteiger partial charge < -0.3 is 20.1 Å². The van der Waals surface area contributed by atoms with E-state index in [9.17, 15) is 9.59 Å². The first kappa shape index (κ1) is 16.8.